The minimum atomic E-state index is -0.758. The van der Waals surface area contributed by atoms with Gasteiger partial charge in [-0.15, -0.1) is 0 Å². The topological polar surface area (TPSA) is 99.1 Å². The van der Waals surface area contributed by atoms with Crippen molar-refractivity contribution in [3.05, 3.63) is 35.5 Å². The minimum Gasteiger partial charge on any atom is -0.461 e. The van der Waals surface area contributed by atoms with Gasteiger partial charge in [0.25, 0.3) is 0 Å². The molecule has 0 radical (unpaired) electrons. The normalized spacial score (nSPS) is 30.2. The van der Waals surface area contributed by atoms with Gasteiger partial charge in [-0.2, -0.15) is 0 Å². The summed E-state index contributed by atoms with van der Waals surface area (Å²) in [6.45, 7) is 6.30. The Hall–Kier alpha value is -2.41. The zero-order valence-electron chi connectivity index (χ0n) is 15.0. The average Bonchev–Trinajstić information content (AvgIpc) is 2.84. The Balaban J connectivity index is 2.37. The Morgan fingerprint density at radius 1 is 1.31 bits per heavy atom. The van der Waals surface area contributed by atoms with Crippen LogP contribution in [0, 0.1) is 5.92 Å². The number of rotatable bonds is 4. The van der Waals surface area contributed by atoms with E-state index in [1.807, 2.05) is 6.08 Å². The number of fused-ring (bicyclic) bond motifs is 1. The van der Waals surface area contributed by atoms with Crippen LogP contribution in [0.5, 0.6) is 0 Å². The van der Waals surface area contributed by atoms with Crippen molar-refractivity contribution in [1.82, 2.24) is 0 Å². The van der Waals surface area contributed by atoms with E-state index in [1.165, 1.54) is 13.8 Å². The number of aliphatic hydroxyl groups excluding tert-OH is 1. The van der Waals surface area contributed by atoms with Gasteiger partial charge in [-0.3, -0.25) is 9.59 Å². The van der Waals surface area contributed by atoms with Crippen LogP contribution in [0.15, 0.2) is 35.5 Å². The fourth-order valence-electron chi connectivity index (χ4n) is 3.19. The van der Waals surface area contributed by atoms with E-state index in [2.05, 4.69) is 6.58 Å². The molecular weight excluding hydrogens is 340 g/mol. The van der Waals surface area contributed by atoms with E-state index in [-0.39, 0.29) is 18.8 Å². The first-order valence-corrected chi connectivity index (χ1v) is 8.50. The molecule has 7 heteroatoms. The molecule has 0 aromatic carbocycles. The van der Waals surface area contributed by atoms with E-state index in [9.17, 15) is 19.5 Å². The van der Waals surface area contributed by atoms with Crippen molar-refractivity contribution in [3.63, 3.8) is 0 Å². The van der Waals surface area contributed by atoms with Crippen LogP contribution in [0.2, 0.25) is 0 Å². The summed E-state index contributed by atoms with van der Waals surface area (Å²) in [5.41, 5.74) is 1.72. The van der Waals surface area contributed by atoms with Gasteiger partial charge in [0.15, 0.2) is 0 Å². The molecule has 2 aliphatic rings. The second kappa shape index (κ2) is 8.80. The fraction of sp³-hybridized carbons (Fsp3) is 0.526. The zero-order valence-corrected chi connectivity index (χ0v) is 15.0. The minimum absolute atomic E-state index is 0.0962. The molecule has 0 aromatic rings. The highest BCUT2D eigenvalue weighted by Gasteiger charge is 2.44. The van der Waals surface area contributed by atoms with Crippen LogP contribution >= 0.6 is 0 Å². The second-order valence-electron chi connectivity index (χ2n) is 6.44. The molecular formula is C19H24O7. The van der Waals surface area contributed by atoms with Crippen LogP contribution in [0.4, 0.5) is 0 Å². The lowest BCUT2D eigenvalue weighted by Crippen LogP contribution is -2.33. The molecule has 0 aromatic heterocycles. The summed E-state index contributed by atoms with van der Waals surface area (Å²) in [5, 5.41) is 9.60. The van der Waals surface area contributed by atoms with E-state index in [0.29, 0.717) is 24.8 Å². The van der Waals surface area contributed by atoms with Crippen molar-refractivity contribution < 1.29 is 33.7 Å². The highest BCUT2D eigenvalue weighted by Crippen LogP contribution is 2.36. The lowest BCUT2D eigenvalue weighted by molar-refractivity contribution is -0.147. The van der Waals surface area contributed by atoms with Crippen LogP contribution in [-0.2, 0) is 28.6 Å². The zero-order chi connectivity index (χ0) is 19.3. The molecule has 2 rings (SSSR count). The summed E-state index contributed by atoms with van der Waals surface area (Å²) in [5.74, 6) is -2.00. The molecule has 1 aliphatic heterocycles. The number of carbonyl (C=O) groups excluding carboxylic acids is 3. The third-order valence-electron chi connectivity index (χ3n) is 4.41. The first-order valence-electron chi connectivity index (χ1n) is 8.50. The molecule has 7 nitrogen and oxygen atoms in total. The Bertz CT molecular complexity index is 659. The lowest BCUT2D eigenvalue weighted by Gasteiger charge is -2.26. The largest absolute Gasteiger partial charge is 0.461 e. The summed E-state index contributed by atoms with van der Waals surface area (Å²) < 4.78 is 15.9. The van der Waals surface area contributed by atoms with Crippen molar-refractivity contribution in [2.75, 3.05) is 13.2 Å². The third-order valence-corrected chi connectivity index (χ3v) is 4.41. The summed E-state index contributed by atoms with van der Waals surface area (Å²) in [6.07, 6.45) is 3.77. The summed E-state index contributed by atoms with van der Waals surface area (Å²) >= 11 is 0. The van der Waals surface area contributed by atoms with Crippen LogP contribution in [-0.4, -0.2) is 48.4 Å². The molecule has 1 fully saturated rings. The Kier molecular flexibility index (Phi) is 6.74. The average molecular weight is 364 g/mol. The second-order valence-corrected chi connectivity index (χ2v) is 6.44. The highest BCUT2D eigenvalue weighted by atomic mass is 16.6. The van der Waals surface area contributed by atoms with Crippen molar-refractivity contribution >= 4 is 17.9 Å². The van der Waals surface area contributed by atoms with Gasteiger partial charge >= 0.3 is 17.9 Å². The smallest absolute Gasteiger partial charge is 0.334 e. The fourth-order valence-corrected chi connectivity index (χ4v) is 3.19. The van der Waals surface area contributed by atoms with Crippen molar-refractivity contribution in [2.24, 2.45) is 5.92 Å². The molecule has 0 saturated carbocycles. The quantitative estimate of drug-likeness (QED) is 0.350. The number of ether oxygens (including phenoxy) is 3. The molecule has 26 heavy (non-hydrogen) atoms. The molecule has 0 spiro atoms. The molecule has 0 amide bonds. The van der Waals surface area contributed by atoms with Gasteiger partial charge in [-0.1, -0.05) is 12.7 Å². The number of carbonyl (C=O) groups is 3. The van der Waals surface area contributed by atoms with E-state index in [1.54, 1.807) is 6.08 Å². The predicted molar refractivity (Wildman–Crippen MR) is 91.8 cm³/mol. The number of hydrogen-bond acceptors (Lipinski definition) is 7. The molecule has 0 unspecified atom stereocenters. The first kappa shape index (κ1) is 19.9. The lowest BCUT2D eigenvalue weighted by atomic mass is 9.85. The number of esters is 3. The Morgan fingerprint density at radius 3 is 2.65 bits per heavy atom. The SMILES string of the molecule is C=C1C(=O)O[C@H]2C/C(COC(C)=O)=C/CC/C(CO)=C/[C@@H](OC(C)=O)[C@H]12. The highest BCUT2D eigenvalue weighted by molar-refractivity contribution is 5.91. The van der Waals surface area contributed by atoms with Gasteiger partial charge in [-0.05, 0) is 30.1 Å². The number of hydrogen-bond donors (Lipinski definition) is 1. The van der Waals surface area contributed by atoms with Crippen LogP contribution in [0.25, 0.3) is 0 Å². The molecule has 1 heterocycles. The van der Waals surface area contributed by atoms with Gasteiger partial charge in [0, 0.05) is 25.8 Å². The Morgan fingerprint density at radius 2 is 2.04 bits per heavy atom. The number of aliphatic hydroxyl groups is 1. The molecule has 1 aliphatic carbocycles. The summed E-state index contributed by atoms with van der Waals surface area (Å²) in [6, 6.07) is 0. The first-order chi connectivity index (χ1) is 12.3. The maximum absolute atomic E-state index is 12.1. The molecule has 142 valence electrons. The standard InChI is InChI=1S/C19H24O7/c1-11-18-16(25-13(3)22)7-14(9-20)5-4-6-15(10-24-12(2)21)8-17(18)26-19(11)23/h6-7,16-18,20H,1,4-5,8-10H2,2-3H3/b14-7-,15-6-/t16-,17+,18+/m1/s1. The molecule has 1 N–H and O–H groups in total. The van der Waals surface area contributed by atoms with Gasteiger partial charge in [-0.25, -0.2) is 4.79 Å². The molecule has 3 atom stereocenters. The predicted octanol–water partition coefficient (Wildman–Crippen LogP) is 1.61. The van der Waals surface area contributed by atoms with Gasteiger partial charge in [0.05, 0.1) is 12.5 Å². The van der Waals surface area contributed by atoms with E-state index < -0.39 is 36.0 Å². The van der Waals surface area contributed by atoms with E-state index in [0.717, 1.165) is 5.57 Å². The maximum Gasteiger partial charge on any atom is 0.334 e. The Labute approximate surface area is 152 Å². The number of allylic oxidation sites excluding steroid dienone is 1. The van der Waals surface area contributed by atoms with Gasteiger partial charge < -0.3 is 19.3 Å². The third kappa shape index (κ3) is 5.05. The van der Waals surface area contributed by atoms with Gasteiger partial charge in [0.2, 0.25) is 0 Å². The van der Waals surface area contributed by atoms with Crippen LogP contribution in [0.1, 0.15) is 33.1 Å². The molecule has 0 bridgehead atoms. The van der Waals surface area contributed by atoms with E-state index >= 15 is 0 Å². The van der Waals surface area contributed by atoms with E-state index in [4.69, 9.17) is 14.2 Å². The monoisotopic (exact) mass is 364 g/mol. The van der Waals surface area contributed by atoms with Crippen molar-refractivity contribution in [3.8, 4) is 0 Å². The maximum atomic E-state index is 12.1. The molecule has 1 saturated heterocycles. The van der Waals surface area contributed by atoms with Crippen LogP contribution < -0.4 is 0 Å². The summed E-state index contributed by atoms with van der Waals surface area (Å²) in [4.78, 5) is 34.7. The van der Waals surface area contributed by atoms with Crippen molar-refractivity contribution in [2.45, 2.75) is 45.3 Å². The van der Waals surface area contributed by atoms with Gasteiger partial charge in [0.1, 0.15) is 18.8 Å². The summed E-state index contributed by atoms with van der Waals surface area (Å²) in [7, 11) is 0. The van der Waals surface area contributed by atoms with Crippen molar-refractivity contribution in [1.29, 1.82) is 0 Å². The van der Waals surface area contributed by atoms with Crippen LogP contribution in [0.3, 0.4) is 0 Å².